The number of rotatable bonds is 9. The second-order valence-electron chi connectivity index (χ2n) is 4.82. The van der Waals surface area contributed by atoms with Crippen molar-refractivity contribution in [2.45, 2.75) is 5.79 Å². The van der Waals surface area contributed by atoms with Crippen LogP contribution in [0.3, 0.4) is 0 Å². The molecule has 6 heteroatoms. The molecule has 1 atom stereocenters. The van der Waals surface area contributed by atoms with Crippen LogP contribution >= 0.6 is 0 Å². The summed E-state index contributed by atoms with van der Waals surface area (Å²) >= 11 is 0. The van der Waals surface area contributed by atoms with Gasteiger partial charge in [0.15, 0.2) is 0 Å². The Hall–Kier alpha value is -2.18. The Morgan fingerprint density at radius 2 is 2.17 bits per heavy atom. The van der Waals surface area contributed by atoms with Crippen LogP contribution in [-0.2, 0) is 4.74 Å². The first-order valence-corrected chi connectivity index (χ1v) is 7.51. The molecule has 1 aliphatic rings. The van der Waals surface area contributed by atoms with Crippen molar-refractivity contribution in [1.82, 2.24) is 10.6 Å². The molecular formula is C17H22FN3O2. The van der Waals surface area contributed by atoms with Gasteiger partial charge in [-0.05, 0) is 31.3 Å². The average molecular weight is 319 g/mol. The monoisotopic (exact) mass is 319 g/mol. The number of halogens is 1. The lowest BCUT2D eigenvalue weighted by molar-refractivity contribution is 0.0896. The highest BCUT2D eigenvalue weighted by molar-refractivity contribution is 5.73. The lowest BCUT2D eigenvalue weighted by atomic mass is 10.1. The van der Waals surface area contributed by atoms with Gasteiger partial charge in [0.1, 0.15) is 19.0 Å². The number of likely N-dealkylation sites (N-methyl/N-ethyl adjacent to an activating group) is 1. The molecule has 0 spiro atoms. The van der Waals surface area contributed by atoms with Gasteiger partial charge in [-0.3, -0.25) is 5.32 Å². The molecule has 1 aromatic rings. The first-order valence-electron chi connectivity index (χ1n) is 7.51. The number of hydrogen-bond acceptors (Lipinski definition) is 5. The highest BCUT2D eigenvalue weighted by Crippen LogP contribution is 2.21. The van der Waals surface area contributed by atoms with Crippen LogP contribution < -0.4 is 15.4 Å². The molecule has 0 aliphatic carbocycles. The van der Waals surface area contributed by atoms with E-state index < -0.39 is 12.5 Å². The number of para-hydroxylation sites is 1. The van der Waals surface area contributed by atoms with Crippen LogP contribution in [0.2, 0.25) is 0 Å². The second-order valence-corrected chi connectivity index (χ2v) is 4.82. The van der Waals surface area contributed by atoms with Gasteiger partial charge in [-0.15, -0.1) is 0 Å². The summed E-state index contributed by atoms with van der Waals surface area (Å²) in [6.45, 7) is 0.362. The zero-order chi connectivity index (χ0) is 16.4. The molecule has 0 aromatic heterocycles. The average Bonchev–Trinajstić information content (AvgIpc) is 2.61. The Morgan fingerprint density at radius 1 is 1.30 bits per heavy atom. The van der Waals surface area contributed by atoms with Crippen molar-refractivity contribution < 1.29 is 13.9 Å². The van der Waals surface area contributed by atoms with Gasteiger partial charge >= 0.3 is 0 Å². The van der Waals surface area contributed by atoms with Gasteiger partial charge in [0.2, 0.25) is 5.79 Å². The topological polar surface area (TPSA) is 54.9 Å². The summed E-state index contributed by atoms with van der Waals surface area (Å²) in [6, 6.07) is 7.69. The minimum absolute atomic E-state index is 0.104. The zero-order valence-corrected chi connectivity index (χ0v) is 13.2. The van der Waals surface area contributed by atoms with Gasteiger partial charge in [-0.1, -0.05) is 18.2 Å². The van der Waals surface area contributed by atoms with Crippen LogP contribution in [0.1, 0.15) is 5.56 Å². The van der Waals surface area contributed by atoms with E-state index >= 15 is 0 Å². The Kier molecular flexibility index (Phi) is 6.77. The van der Waals surface area contributed by atoms with Crippen LogP contribution in [0.4, 0.5) is 4.39 Å². The minimum atomic E-state index is -0.661. The predicted octanol–water partition coefficient (Wildman–Crippen LogP) is 2.13. The van der Waals surface area contributed by atoms with Crippen LogP contribution in [0.5, 0.6) is 5.75 Å². The first-order chi connectivity index (χ1) is 11.3. The van der Waals surface area contributed by atoms with Crippen molar-refractivity contribution in [1.29, 1.82) is 0 Å². The number of aliphatic imine (C=N–C) groups is 1. The molecular weight excluding hydrogens is 297 g/mol. The third kappa shape index (κ3) is 5.19. The third-order valence-corrected chi connectivity index (χ3v) is 3.27. The van der Waals surface area contributed by atoms with E-state index in [9.17, 15) is 4.39 Å². The summed E-state index contributed by atoms with van der Waals surface area (Å²) in [5.41, 5.74) is 0.930. The fourth-order valence-electron chi connectivity index (χ4n) is 2.05. The van der Waals surface area contributed by atoms with E-state index in [-0.39, 0.29) is 6.61 Å². The molecule has 0 fully saturated rings. The molecule has 1 aliphatic heterocycles. The molecule has 1 unspecified atom stereocenters. The van der Waals surface area contributed by atoms with Gasteiger partial charge in [0.05, 0.1) is 13.2 Å². The SMILES string of the molecule is CNC1(C=Cc2ccccc2OCCOCCF)N=CC=CN1. The molecule has 124 valence electrons. The number of allylic oxidation sites excluding steroid dienone is 1. The van der Waals surface area contributed by atoms with E-state index in [0.717, 1.165) is 11.3 Å². The van der Waals surface area contributed by atoms with Crippen LogP contribution in [0.15, 0.2) is 47.6 Å². The summed E-state index contributed by atoms with van der Waals surface area (Å²) in [5.74, 6) is 0.0840. The van der Waals surface area contributed by atoms with Crippen molar-refractivity contribution in [3.63, 3.8) is 0 Å². The number of nitrogens with zero attached hydrogens (tertiary/aromatic N) is 1. The predicted molar refractivity (Wildman–Crippen MR) is 90.3 cm³/mol. The first kappa shape index (κ1) is 17.2. The van der Waals surface area contributed by atoms with E-state index in [1.807, 2.05) is 55.7 Å². The largest absolute Gasteiger partial charge is 0.491 e. The molecule has 1 heterocycles. The van der Waals surface area contributed by atoms with E-state index in [2.05, 4.69) is 15.6 Å². The van der Waals surface area contributed by atoms with Gasteiger partial charge in [-0.25, -0.2) is 9.38 Å². The zero-order valence-electron chi connectivity index (χ0n) is 13.2. The fraction of sp³-hybridized carbons (Fsp3) is 0.353. The van der Waals surface area contributed by atoms with E-state index in [4.69, 9.17) is 9.47 Å². The molecule has 2 rings (SSSR count). The number of hydrogen-bond donors (Lipinski definition) is 2. The van der Waals surface area contributed by atoms with Crippen molar-refractivity contribution in [3.05, 3.63) is 48.2 Å². The maximum Gasteiger partial charge on any atom is 0.204 e. The molecule has 0 saturated heterocycles. The van der Waals surface area contributed by atoms with Crippen molar-refractivity contribution in [2.75, 3.05) is 33.5 Å². The molecule has 23 heavy (non-hydrogen) atoms. The van der Waals surface area contributed by atoms with E-state index in [1.165, 1.54) is 0 Å². The van der Waals surface area contributed by atoms with E-state index in [1.54, 1.807) is 6.21 Å². The van der Waals surface area contributed by atoms with Gasteiger partial charge in [0, 0.05) is 18.0 Å². The maximum atomic E-state index is 12.0. The minimum Gasteiger partial charge on any atom is -0.491 e. The van der Waals surface area contributed by atoms with Crippen molar-refractivity contribution >= 4 is 12.3 Å². The van der Waals surface area contributed by atoms with Gasteiger partial charge in [-0.2, -0.15) is 0 Å². The number of ether oxygens (including phenoxy) is 2. The number of nitrogens with one attached hydrogen (secondary N) is 2. The Labute approximate surface area is 135 Å². The standard InChI is InChI=1S/C17H22FN3O2/c1-19-17(20-10-4-11-21-17)8-7-15-5-2-3-6-16(15)23-14-13-22-12-9-18/h2-8,10-11,19-20H,9,12-14H2,1H3. The fourth-order valence-corrected chi connectivity index (χ4v) is 2.05. The third-order valence-electron chi connectivity index (χ3n) is 3.27. The summed E-state index contributed by atoms with van der Waals surface area (Å²) in [6.07, 6.45) is 9.27. The highest BCUT2D eigenvalue weighted by Gasteiger charge is 2.22. The molecule has 5 nitrogen and oxygen atoms in total. The lowest BCUT2D eigenvalue weighted by Gasteiger charge is -2.28. The Bertz CT molecular complexity index is 575. The smallest absolute Gasteiger partial charge is 0.204 e. The number of benzene rings is 1. The molecule has 0 radical (unpaired) electrons. The molecule has 0 saturated carbocycles. The van der Waals surface area contributed by atoms with Crippen LogP contribution in [-0.4, -0.2) is 45.5 Å². The Morgan fingerprint density at radius 3 is 2.91 bits per heavy atom. The summed E-state index contributed by atoms with van der Waals surface area (Å²) in [4.78, 5) is 4.40. The van der Waals surface area contributed by atoms with Gasteiger partial charge < -0.3 is 14.8 Å². The molecule has 0 bridgehead atoms. The van der Waals surface area contributed by atoms with Crippen LogP contribution in [0, 0.1) is 0 Å². The maximum absolute atomic E-state index is 12.0. The molecule has 0 amide bonds. The Balaban J connectivity index is 2.00. The highest BCUT2D eigenvalue weighted by atomic mass is 19.1. The summed E-state index contributed by atoms with van der Waals surface area (Å²) < 4.78 is 22.7. The number of alkyl halides is 1. The van der Waals surface area contributed by atoms with E-state index in [0.29, 0.717) is 13.2 Å². The van der Waals surface area contributed by atoms with Gasteiger partial charge in [0.25, 0.3) is 0 Å². The summed E-state index contributed by atoms with van der Waals surface area (Å²) in [5, 5.41) is 6.30. The normalized spacial score (nSPS) is 19.9. The second kappa shape index (κ2) is 9.07. The van der Waals surface area contributed by atoms with Crippen LogP contribution in [0.25, 0.3) is 6.08 Å². The van der Waals surface area contributed by atoms with Crippen molar-refractivity contribution in [3.8, 4) is 5.75 Å². The summed E-state index contributed by atoms with van der Waals surface area (Å²) in [7, 11) is 1.83. The molecule has 2 N–H and O–H groups in total. The molecule has 1 aromatic carbocycles. The lowest BCUT2D eigenvalue weighted by Crippen LogP contribution is -2.51. The van der Waals surface area contributed by atoms with Crippen molar-refractivity contribution in [2.24, 2.45) is 4.99 Å². The quantitative estimate of drug-likeness (QED) is 0.685.